The summed E-state index contributed by atoms with van der Waals surface area (Å²) in [5, 5.41) is 15.4. The Morgan fingerprint density at radius 2 is 2.23 bits per heavy atom. The minimum absolute atomic E-state index is 0.0400. The number of nitrogens with one attached hydrogen (secondary N) is 1. The SMILES string of the molecule is CC1(C)Cc2cccc(OCC(=O)N[C@@H]3CCN(c4ccc5nncn5n4)C3)c2O1. The summed E-state index contributed by atoms with van der Waals surface area (Å²) < 4.78 is 13.4. The van der Waals surface area contributed by atoms with Gasteiger partial charge < -0.3 is 19.7 Å². The Morgan fingerprint density at radius 3 is 3.13 bits per heavy atom. The Hall–Kier alpha value is -3.36. The van der Waals surface area contributed by atoms with Crippen LogP contribution in [-0.2, 0) is 11.2 Å². The van der Waals surface area contributed by atoms with Crippen LogP contribution in [0.2, 0.25) is 0 Å². The highest BCUT2D eigenvalue weighted by atomic mass is 16.5. The number of rotatable bonds is 5. The summed E-state index contributed by atoms with van der Waals surface area (Å²) in [4.78, 5) is 14.6. The Bertz CT molecular complexity index is 1100. The number of para-hydroxylation sites is 1. The fourth-order valence-corrected chi connectivity index (χ4v) is 4.09. The van der Waals surface area contributed by atoms with Gasteiger partial charge in [-0.15, -0.1) is 15.3 Å². The van der Waals surface area contributed by atoms with Gasteiger partial charge in [-0.1, -0.05) is 12.1 Å². The van der Waals surface area contributed by atoms with Crippen LogP contribution in [0.3, 0.4) is 0 Å². The molecule has 1 N–H and O–H groups in total. The number of hydrogen-bond donors (Lipinski definition) is 1. The summed E-state index contributed by atoms with van der Waals surface area (Å²) in [6.07, 6.45) is 3.26. The molecule has 0 bridgehead atoms. The molecule has 1 saturated heterocycles. The van der Waals surface area contributed by atoms with Gasteiger partial charge in [0.2, 0.25) is 0 Å². The lowest BCUT2D eigenvalue weighted by molar-refractivity contribution is -0.123. The van der Waals surface area contributed by atoms with Crippen LogP contribution >= 0.6 is 0 Å². The van der Waals surface area contributed by atoms with Crippen molar-refractivity contribution in [2.75, 3.05) is 24.6 Å². The number of nitrogens with zero attached hydrogens (tertiary/aromatic N) is 5. The fraction of sp³-hybridized carbons (Fsp3) is 0.429. The van der Waals surface area contributed by atoms with Crippen LogP contribution in [0, 0.1) is 0 Å². The number of aromatic nitrogens is 4. The molecule has 1 fully saturated rings. The summed E-state index contributed by atoms with van der Waals surface area (Å²) in [5.74, 6) is 2.07. The lowest BCUT2D eigenvalue weighted by atomic mass is 10.0. The third-order valence-electron chi connectivity index (χ3n) is 5.44. The normalized spacial score (nSPS) is 19.5. The Labute approximate surface area is 174 Å². The molecule has 0 spiro atoms. The molecule has 1 atom stereocenters. The number of hydrogen-bond acceptors (Lipinski definition) is 7. The molecule has 0 unspecified atom stereocenters. The van der Waals surface area contributed by atoms with Crippen molar-refractivity contribution in [3.63, 3.8) is 0 Å². The standard InChI is InChI=1S/C21H24N6O3/c1-21(2)10-14-4-3-5-16(20(14)30-21)29-12-19(28)23-15-8-9-26(11-15)18-7-6-17-24-22-13-27(17)25-18/h3-7,13,15H,8-12H2,1-2H3,(H,23,28)/t15-/m1/s1. The van der Waals surface area contributed by atoms with E-state index in [2.05, 4.69) is 25.5 Å². The first kappa shape index (κ1) is 18.7. The zero-order chi connectivity index (χ0) is 20.7. The van der Waals surface area contributed by atoms with Gasteiger partial charge in [0.1, 0.15) is 17.7 Å². The maximum Gasteiger partial charge on any atom is 0.258 e. The van der Waals surface area contributed by atoms with Gasteiger partial charge >= 0.3 is 0 Å². The summed E-state index contributed by atoms with van der Waals surface area (Å²) in [7, 11) is 0. The lowest BCUT2D eigenvalue weighted by Crippen LogP contribution is -2.39. The molecule has 156 valence electrons. The molecule has 9 nitrogen and oxygen atoms in total. The predicted octanol–water partition coefficient (Wildman–Crippen LogP) is 1.61. The van der Waals surface area contributed by atoms with Gasteiger partial charge in [0, 0.05) is 31.1 Å². The van der Waals surface area contributed by atoms with Crippen LogP contribution in [0.5, 0.6) is 11.5 Å². The van der Waals surface area contributed by atoms with Crippen molar-refractivity contribution in [2.24, 2.45) is 0 Å². The fourth-order valence-electron chi connectivity index (χ4n) is 4.09. The van der Waals surface area contributed by atoms with E-state index in [0.29, 0.717) is 17.9 Å². The number of amides is 1. The Kier molecular flexibility index (Phi) is 4.45. The summed E-state index contributed by atoms with van der Waals surface area (Å²) in [6.45, 7) is 5.57. The van der Waals surface area contributed by atoms with Gasteiger partial charge in [-0.2, -0.15) is 4.52 Å². The van der Waals surface area contributed by atoms with Crippen molar-refractivity contribution in [2.45, 2.75) is 38.3 Å². The average molecular weight is 408 g/mol. The van der Waals surface area contributed by atoms with Crippen LogP contribution in [0.15, 0.2) is 36.7 Å². The van der Waals surface area contributed by atoms with E-state index in [1.54, 1.807) is 10.8 Å². The molecule has 2 aromatic heterocycles. The Balaban J connectivity index is 1.16. The third kappa shape index (κ3) is 3.62. The van der Waals surface area contributed by atoms with E-state index in [0.717, 1.165) is 36.5 Å². The first-order valence-electron chi connectivity index (χ1n) is 10.1. The number of anilines is 1. The molecule has 2 aliphatic rings. The molecular formula is C21H24N6O3. The van der Waals surface area contributed by atoms with Crippen LogP contribution in [-0.4, -0.2) is 57.1 Å². The van der Waals surface area contributed by atoms with Crippen molar-refractivity contribution < 1.29 is 14.3 Å². The van der Waals surface area contributed by atoms with Crippen LogP contribution in [0.4, 0.5) is 5.82 Å². The highest BCUT2D eigenvalue weighted by Crippen LogP contribution is 2.41. The minimum atomic E-state index is -0.249. The van der Waals surface area contributed by atoms with E-state index in [1.165, 1.54) is 0 Å². The molecule has 0 radical (unpaired) electrons. The number of ether oxygens (including phenoxy) is 2. The maximum absolute atomic E-state index is 12.5. The molecule has 9 heteroatoms. The van der Waals surface area contributed by atoms with Gasteiger partial charge in [-0.25, -0.2) is 0 Å². The molecule has 1 aromatic carbocycles. The van der Waals surface area contributed by atoms with Crippen molar-refractivity contribution in [1.82, 2.24) is 25.1 Å². The van der Waals surface area contributed by atoms with Gasteiger partial charge in [0.15, 0.2) is 23.8 Å². The molecular weight excluding hydrogens is 384 g/mol. The topological polar surface area (TPSA) is 93.9 Å². The van der Waals surface area contributed by atoms with E-state index >= 15 is 0 Å². The van der Waals surface area contributed by atoms with E-state index in [4.69, 9.17) is 9.47 Å². The van der Waals surface area contributed by atoms with Gasteiger partial charge in [0.05, 0.1) is 0 Å². The van der Waals surface area contributed by atoms with Crippen LogP contribution in [0.1, 0.15) is 25.8 Å². The highest BCUT2D eigenvalue weighted by molar-refractivity contribution is 5.78. The molecule has 4 heterocycles. The van der Waals surface area contributed by atoms with Crippen molar-refractivity contribution in [1.29, 1.82) is 0 Å². The molecule has 2 aliphatic heterocycles. The highest BCUT2D eigenvalue weighted by Gasteiger charge is 2.32. The van der Waals surface area contributed by atoms with Crippen molar-refractivity contribution in [3.05, 3.63) is 42.2 Å². The summed E-state index contributed by atoms with van der Waals surface area (Å²) in [5.41, 5.74) is 1.57. The number of fused-ring (bicyclic) bond motifs is 2. The van der Waals surface area contributed by atoms with E-state index in [1.807, 2.05) is 44.2 Å². The zero-order valence-corrected chi connectivity index (χ0v) is 17.0. The molecule has 3 aromatic rings. The van der Waals surface area contributed by atoms with E-state index in [-0.39, 0.29) is 24.2 Å². The molecule has 30 heavy (non-hydrogen) atoms. The zero-order valence-electron chi connectivity index (χ0n) is 17.0. The summed E-state index contributed by atoms with van der Waals surface area (Å²) in [6, 6.07) is 9.68. The average Bonchev–Trinajstić information content (AvgIpc) is 3.42. The first-order valence-corrected chi connectivity index (χ1v) is 10.1. The van der Waals surface area contributed by atoms with Crippen molar-refractivity contribution >= 4 is 17.4 Å². The predicted molar refractivity (Wildman–Crippen MR) is 110 cm³/mol. The van der Waals surface area contributed by atoms with Gasteiger partial charge in [-0.3, -0.25) is 4.79 Å². The van der Waals surface area contributed by atoms with Crippen LogP contribution in [0.25, 0.3) is 5.65 Å². The molecule has 1 amide bonds. The number of benzene rings is 1. The van der Waals surface area contributed by atoms with Gasteiger partial charge in [-0.05, 0) is 38.5 Å². The quantitative estimate of drug-likeness (QED) is 0.685. The molecule has 5 rings (SSSR count). The van der Waals surface area contributed by atoms with Gasteiger partial charge in [0.25, 0.3) is 5.91 Å². The summed E-state index contributed by atoms with van der Waals surface area (Å²) >= 11 is 0. The minimum Gasteiger partial charge on any atom is -0.483 e. The maximum atomic E-state index is 12.5. The van der Waals surface area contributed by atoms with Crippen LogP contribution < -0.4 is 19.7 Å². The third-order valence-corrected chi connectivity index (χ3v) is 5.44. The smallest absolute Gasteiger partial charge is 0.258 e. The van der Waals surface area contributed by atoms with E-state index < -0.39 is 0 Å². The number of carbonyl (C=O) groups excluding carboxylic acids is 1. The first-order chi connectivity index (χ1) is 14.5. The lowest BCUT2D eigenvalue weighted by Gasteiger charge is -2.19. The largest absolute Gasteiger partial charge is 0.483 e. The van der Waals surface area contributed by atoms with Crippen molar-refractivity contribution in [3.8, 4) is 11.5 Å². The second kappa shape index (κ2) is 7.16. The van der Waals surface area contributed by atoms with E-state index in [9.17, 15) is 4.79 Å². The molecule has 0 saturated carbocycles. The Morgan fingerprint density at radius 1 is 1.33 bits per heavy atom. The molecule has 0 aliphatic carbocycles. The second-order valence-corrected chi connectivity index (χ2v) is 8.40. The second-order valence-electron chi connectivity index (χ2n) is 8.40. The monoisotopic (exact) mass is 408 g/mol. The number of carbonyl (C=O) groups is 1.